The van der Waals surface area contributed by atoms with Gasteiger partial charge >= 0.3 is 0 Å². The minimum absolute atomic E-state index is 0.452. The van der Waals surface area contributed by atoms with Crippen molar-refractivity contribution in [3.63, 3.8) is 0 Å². The molecular formula is C5H9NO3S. The van der Waals surface area contributed by atoms with Crippen molar-refractivity contribution in [2.75, 3.05) is 0 Å². The van der Waals surface area contributed by atoms with Crippen molar-refractivity contribution in [3.05, 3.63) is 0 Å². The molecule has 0 aliphatic carbocycles. The summed E-state index contributed by atoms with van der Waals surface area (Å²) >= 11 is 0. The van der Waals surface area contributed by atoms with Crippen molar-refractivity contribution in [2.24, 2.45) is 4.40 Å². The molecule has 0 fully saturated rings. The van der Waals surface area contributed by atoms with E-state index in [9.17, 15) is 13.2 Å². The molecule has 0 spiro atoms. The highest BCUT2D eigenvalue weighted by Crippen LogP contribution is 2.05. The van der Waals surface area contributed by atoms with E-state index < -0.39 is 15.3 Å². The third-order valence-electron chi connectivity index (χ3n) is 1.25. The van der Waals surface area contributed by atoms with Crippen molar-refractivity contribution in [3.8, 4) is 0 Å². The lowest BCUT2D eigenvalue weighted by molar-refractivity contribution is 0.561. The van der Waals surface area contributed by atoms with Gasteiger partial charge in [0.1, 0.15) is 0 Å². The highest BCUT2D eigenvalue weighted by atomic mass is 32.2. The lowest BCUT2D eigenvalue weighted by atomic mass is 10.4. The Morgan fingerprint density at radius 1 is 1.60 bits per heavy atom. The topological polar surface area (TPSA) is 63.6 Å². The number of sulfonamides is 1. The Kier molecular flexibility index (Phi) is 3.25. The van der Waals surface area contributed by atoms with Gasteiger partial charge in [-0.2, -0.15) is 0 Å². The number of hydrogen-bond acceptors (Lipinski definition) is 3. The molecule has 0 bridgehead atoms. The van der Waals surface area contributed by atoms with Crippen LogP contribution in [-0.2, 0) is 14.8 Å². The van der Waals surface area contributed by atoms with Crippen LogP contribution in [0.3, 0.4) is 0 Å². The van der Waals surface area contributed by atoms with E-state index in [1.54, 1.807) is 6.92 Å². The van der Waals surface area contributed by atoms with Gasteiger partial charge in [-0.25, -0.2) is 13.2 Å². The van der Waals surface area contributed by atoms with Crippen LogP contribution in [0, 0.1) is 0 Å². The molecule has 1 atom stereocenters. The van der Waals surface area contributed by atoms with E-state index >= 15 is 0 Å². The fourth-order valence-electron chi connectivity index (χ4n) is 0.353. The zero-order valence-electron chi connectivity index (χ0n) is 5.86. The zero-order valence-corrected chi connectivity index (χ0v) is 6.68. The zero-order chi connectivity index (χ0) is 8.20. The fraction of sp³-hybridized carbons (Fsp3) is 0.800. The van der Waals surface area contributed by atoms with Crippen molar-refractivity contribution in [1.82, 2.24) is 0 Å². The Hall–Kier alpha value is -0.670. The van der Waals surface area contributed by atoms with Crippen molar-refractivity contribution in [1.29, 1.82) is 0 Å². The first-order valence-corrected chi connectivity index (χ1v) is 4.38. The first-order chi connectivity index (χ1) is 4.54. The first kappa shape index (κ1) is 9.33. The number of isocyanates is 1. The van der Waals surface area contributed by atoms with E-state index in [0.29, 0.717) is 6.42 Å². The molecular weight excluding hydrogens is 154 g/mol. The molecule has 0 saturated carbocycles. The summed E-state index contributed by atoms with van der Waals surface area (Å²) in [5.74, 6) is 0. The number of hydrogen-bond donors (Lipinski definition) is 0. The molecule has 1 unspecified atom stereocenters. The van der Waals surface area contributed by atoms with Crippen molar-refractivity contribution < 1.29 is 13.2 Å². The van der Waals surface area contributed by atoms with Gasteiger partial charge in [-0.3, -0.25) is 0 Å². The molecule has 0 rings (SSSR count). The smallest absolute Gasteiger partial charge is 0.210 e. The number of nitrogens with zero attached hydrogens (tertiary/aromatic N) is 1. The van der Waals surface area contributed by atoms with E-state index in [2.05, 4.69) is 4.40 Å². The summed E-state index contributed by atoms with van der Waals surface area (Å²) in [5, 5.41) is -0.589. The average Bonchev–Trinajstić information content (AvgIpc) is 1.86. The maximum Gasteiger partial charge on any atom is 0.266 e. The van der Waals surface area contributed by atoms with Crippen LogP contribution in [0.15, 0.2) is 4.40 Å². The van der Waals surface area contributed by atoms with Gasteiger partial charge < -0.3 is 0 Å². The molecule has 0 aliphatic heterocycles. The summed E-state index contributed by atoms with van der Waals surface area (Å²) in [6, 6.07) is 0. The van der Waals surface area contributed by atoms with Crippen LogP contribution >= 0.6 is 0 Å². The minimum Gasteiger partial charge on any atom is -0.210 e. The van der Waals surface area contributed by atoms with Crippen LogP contribution < -0.4 is 0 Å². The molecule has 0 heterocycles. The van der Waals surface area contributed by atoms with E-state index in [0.717, 1.165) is 6.08 Å². The lowest BCUT2D eigenvalue weighted by Crippen LogP contribution is -2.13. The molecule has 0 saturated heterocycles. The monoisotopic (exact) mass is 163 g/mol. The van der Waals surface area contributed by atoms with Crippen molar-refractivity contribution >= 4 is 16.1 Å². The predicted octanol–water partition coefficient (Wildman–Crippen LogP) is 0.451. The quantitative estimate of drug-likeness (QED) is 0.448. The van der Waals surface area contributed by atoms with Gasteiger partial charge in [-0.05, 0) is 13.3 Å². The molecule has 0 radical (unpaired) electrons. The van der Waals surface area contributed by atoms with Crippen LogP contribution in [0.2, 0.25) is 0 Å². The highest BCUT2D eigenvalue weighted by Gasteiger charge is 2.16. The normalized spacial score (nSPS) is 13.8. The molecule has 0 aromatic heterocycles. The summed E-state index contributed by atoms with van der Waals surface area (Å²) in [5.41, 5.74) is 0. The van der Waals surface area contributed by atoms with Crippen LogP contribution in [0.5, 0.6) is 0 Å². The Labute approximate surface area is 60.0 Å². The van der Waals surface area contributed by atoms with E-state index in [1.165, 1.54) is 6.92 Å². The van der Waals surface area contributed by atoms with Gasteiger partial charge in [-0.1, -0.05) is 11.3 Å². The Balaban J connectivity index is 4.58. The molecule has 0 aromatic carbocycles. The third kappa shape index (κ3) is 2.29. The van der Waals surface area contributed by atoms with Gasteiger partial charge in [0.15, 0.2) is 0 Å². The lowest BCUT2D eigenvalue weighted by Gasteiger charge is -2.01. The van der Waals surface area contributed by atoms with Gasteiger partial charge in [-0.15, -0.1) is 0 Å². The molecule has 0 N–H and O–H groups in total. The van der Waals surface area contributed by atoms with Crippen molar-refractivity contribution in [2.45, 2.75) is 25.5 Å². The first-order valence-electron chi connectivity index (χ1n) is 2.87. The standard InChI is InChI=1S/C5H9NO3S/c1-3-5(2)10(8,9)6-4-7/h5H,3H2,1-2H3. The predicted molar refractivity (Wildman–Crippen MR) is 36.8 cm³/mol. The van der Waals surface area contributed by atoms with E-state index in [-0.39, 0.29) is 0 Å². The second-order valence-electron chi connectivity index (χ2n) is 1.92. The Bertz CT molecular complexity index is 238. The van der Waals surface area contributed by atoms with Crippen LogP contribution in [-0.4, -0.2) is 19.7 Å². The molecule has 0 aromatic rings. The molecule has 0 amide bonds. The second kappa shape index (κ2) is 3.49. The maximum absolute atomic E-state index is 10.7. The molecule has 10 heavy (non-hydrogen) atoms. The van der Waals surface area contributed by atoms with E-state index in [4.69, 9.17) is 0 Å². The highest BCUT2D eigenvalue weighted by molar-refractivity contribution is 7.90. The summed E-state index contributed by atoms with van der Waals surface area (Å²) < 4.78 is 24.2. The van der Waals surface area contributed by atoms with Crippen LogP contribution in [0.1, 0.15) is 20.3 Å². The minimum atomic E-state index is -3.56. The second-order valence-corrected chi connectivity index (χ2v) is 3.93. The maximum atomic E-state index is 10.7. The van der Waals surface area contributed by atoms with Gasteiger partial charge in [0, 0.05) is 0 Å². The van der Waals surface area contributed by atoms with Gasteiger partial charge in [0.05, 0.1) is 5.25 Å². The SMILES string of the molecule is CCC(C)S(=O)(=O)N=C=O. The largest absolute Gasteiger partial charge is 0.266 e. The summed E-state index contributed by atoms with van der Waals surface area (Å²) in [6.45, 7) is 3.21. The fourth-order valence-corrected chi connectivity index (χ4v) is 1.06. The Morgan fingerprint density at radius 2 is 2.10 bits per heavy atom. The third-order valence-corrected chi connectivity index (χ3v) is 2.93. The van der Waals surface area contributed by atoms with E-state index in [1.807, 2.05) is 0 Å². The number of carbonyl (C=O) groups excluding carboxylic acids is 1. The summed E-state index contributed by atoms with van der Waals surface area (Å²) in [6.07, 6.45) is 1.46. The van der Waals surface area contributed by atoms with Crippen LogP contribution in [0.25, 0.3) is 0 Å². The molecule has 0 aliphatic rings. The average molecular weight is 163 g/mol. The summed E-state index contributed by atoms with van der Waals surface area (Å²) in [4.78, 5) is 9.57. The molecule has 5 heteroatoms. The number of rotatable bonds is 3. The molecule has 58 valence electrons. The van der Waals surface area contributed by atoms with Gasteiger partial charge in [0.2, 0.25) is 0 Å². The van der Waals surface area contributed by atoms with Crippen LogP contribution in [0.4, 0.5) is 0 Å². The summed E-state index contributed by atoms with van der Waals surface area (Å²) in [7, 11) is -3.56. The Morgan fingerprint density at radius 3 is 2.40 bits per heavy atom. The molecule has 4 nitrogen and oxygen atoms in total. The van der Waals surface area contributed by atoms with Gasteiger partial charge in [0.25, 0.3) is 16.1 Å².